The lowest BCUT2D eigenvalue weighted by Crippen LogP contribution is -2.07. The van der Waals surface area contributed by atoms with Crippen LogP contribution in [0, 0.1) is 10.1 Å². The van der Waals surface area contributed by atoms with Gasteiger partial charge in [-0.25, -0.2) is 8.42 Å². The van der Waals surface area contributed by atoms with Crippen LogP contribution >= 0.6 is 0 Å². The molecule has 19 heavy (non-hydrogen) atoms. The number of carbonyl (C=O) groups is 1. The van der Waals surface area contributed by atoms with Gasteiger partial charge in [-0.3, -0.25) is 14.9 Å². The van der Waals surface area contributed by atoms with Gasteiger partial charge < -0.3 is 5.73 Å². The second-order valence-electron chi connectivity index (χ2n) is 3.82. The molecule has 2 N–H and O–H groups in total. The number of benzene rings is 1. The Bertz CT molecular complexity index is 649. The summed E-state index contributed by atoms with van der Waals surface area (Å²) in [5, 5.41) is 10.9. The van der Waals surface area contributed by atoms with Crippen molar-refractivity contribution in [3.8, 4) is 0 Å². The maximum absolute atomic E-state index is 11.3. The average Bonchev–Trinajstić information content (AvgIpc) is 2.27. The van der Waals surface area contributed by atoms with E-state index >= 15 is 0 Å². The molecule has 0 fully saturated rings. The molecule has 0 aromatic heterocycles. The smallest absolute Gasteiger partial charge is 0.277 e. The number of hydrogen-bond acceptors (Lipinski definition) is 5. The molecule has 8 heteroatoms. The molecule has 0 unspecified atom stereocenters. The Morgan fingerprint density at radius 3 is 2.58 bits per heavy atom. The Morgan fingerprint density at radius 1 is 1.47 bits per heavy atom. The molecule has 0 spiro atoms. The standard InChI is InChI=1S/C11H12N2O5S/c1-19(17,18)9-6-5-8(3-2-4-11(12)14)10(7-9)13(15)16/h2-3,5-7H,4H2,1H3,(H2,12,14). The van der Waals surface area contributed by atoms with Gasteiger partial charge in [-0.05, 0) is 12.1 Å². The van der Waals surface area contributed by atoms with Crippen molar-refractivity contribution >= 4 is 27.5 Å². The second kappa shape index (κ2) is 5.61. The van der Waals surface area contributed by atoms with E-state index in [0.29, 0.717) is 0 Å². The summed E-state index contributed by atoms with van der Waals surface area (Å²) in [6.07, 6.45) is 3.65. The van der Waals surface area contributed by atoms with Crippen LogP contribution in [0.5, 0.6) is 0 Å². The summed E-state index contributed by atoms with van der Waals surface area (Å²) < 4.78 is 22.6. The quantitative estimate of drug-likeness (QED) is 0.635. The molecule has 1 amide bonds. The first kappa shape index (κ1) is 14.8. The summed E-state index contributed by atoms with van der Waals surface area (Å²) in [5.41, 5.74) is 4.80. The van der Waals surface area contributed by atoms with Gasteiger partial charge in [0.25, 0.3) is 5.69 Å². The van der Waals surface area contributed by atoms with Gasteiger partial charge in [-0.1, -0.05) is 12.2 Å². The molecule has 0 radical (unpaired) electrons. The highest BCUT2D eigenvalue weighted by atomic mass is 32.2. The van der Waals surface area contributed by atoms with Crippen molar-refractivity contribution in [3.63, 3.8) is 0 Å². The van der Waals surface area contributed by atoms with Crippen LogP contribution in [-0.4, -0.2) is 25.5 Å². The number of nitro groups is 1. The van der Waals surface area contributed by atoms with Crippen molar-refractivity contribution in [2.75, 3.05) is 6.26 Å². The van der Waals surface area contributed by atoms with Gasteiger partial charge in [-0.2, -0.15) is 0 Å². The number of amides is 1. The third-order valence-corrected chi connectivity index (χ3v) is 3.35. The maximum Gasteiger partial charge on any atom is 0.277 e. The Kier molecular flexibility index (Phi) is 4.38. The molecule has 0 atom stereocenters. The topological polar surface area (TPSA) is 120 Å². The molecule has 0 saturated carbocycles. The Labute approximate surface area is 109 Å². The fourth-order valence-corrected chi connectivity index (χ4v) is 2.00. The molecule has 1 aromatic carbocycles. The molecule has 1 rings (SSSR count). The minimum atomic E-state index is -3.51. The van der Waals surface area contributed by atoms with Crippen molar-refractivity contribution in [2.24, 2.45) is 5.73 Å². The number of nitrogens with zero attached hydrogens (tertiary/aromatic N) is 1. The third kappa shape index (κ3) is 4.18. The predicted molar refractivity (Wildman–Crippen MR) is 69.1 cm³/mol. The lowest BCUT2D eigenvalue weighted by atomic mass is 10.1. The number of nitrogens with two attached hydrogens (primary N) is 1. The first-order chi connectivity index (χ1) is 8.71. The van der Waals surface area contributed by atoms with Crippen LogP contribution in [-0.2, 0) is 14.6 Å². The summed E-state index contributed by atoms with van der Waals surface area (Å²) in [6, 6.07) is 3.57. The van der Waals surface area contributed by atoms with E-state index in [1.807, 2.05) is 0 Å². The molecule has 7 nitrogen and oxygen atoms in total. The van der Waals surface area contributed by atoms with Crippen molar-refractivity contribution in [1.29, 1.82) is 0 Å². The van der Waals surface area contributed by atoms with Crippen molar-refractivity contribution in [3.05, 3.63) is 40.0 Å². The van der Waals surface area contributed by atoms with Crippen molar-refractivity contribution in [2.45, 2.75) is 11.3 Å². The van der Waals surface area contributed by atoms with Crippen LogP contribution in [0.1, 0.15) is 12.0 Å². The SMILES string of the molecule is CS(=O)(=O)c1ccc(C=CCC(N)=O)c([N+](=O)[O-])c1. The number of sulfone groups is 1. The molecule has 0 aliphatic rings. The van der Waals surface area contributed by atoms with E-state index in [-0.39, 0.29) is 22.6 Å². The number of primary amides is 1. The zero-order valence-electron chi connectivity index (χ0n) is 10.1. The molecule has 0 heterocycles. The Balaban J connectivity index is 3.23. The van der Waals surface area contributed by atoms with E-state index in [1.54, 1.807) is 0 Å². The zero-order chi connectivity index (χ0) is 14.6. The summed E-state index contributed by atoms with van der Waals surface area (Å²) >= 11 is 0. The number of rotatable bonds is 5. The highest BCUT2D eigenvalue weighted by molar-refractivity contribution is 7.90. The summed E-state index contributed by atoms with van der Waals surface area (Å²) in [7, 11) is -3.51. The summed E-state index contributed by atoms with van der Waals surface area (Å²) in [5.74, 6) is -0.563. The van der Waals surface area contributed by atoms with Gasteiger partial charge in [0.1, 0.15) is 0 Å². The first-order valence-electron chi connectivity index (χ1n) is 5.15. The summed E-state index contributed by atoms with van der Waals surface area (Å²) in [6.45, 7) is 0. The van der Waals surface area contributed by atoms with Crippen LogP contribution in [0.25, 0.3) is 6.08 Å². The number of carbonyl (C=O) groups excluding carboxylic acids is 1. The van der Waals surface area contributed by atoms with E-state index in [0.717, 1.165) is 12.3 Å². The lowest BCUT2D eigenvalue weighted by Gasteiger charge is -2.01. The van der Waals surface area contributed by atoms with Crippen LogP contribution in [0.3, 0.4) is 0 Å². The molecule has 0 aliphatic heterocycles. The maximum atomic E-state index is 11.3. The molecular weight excluding hydrogens is 272 g/mol. The van der Waals surface area contributed by atoms with Gasteiger partial charge in [0, 0.05) is 18.7 Å². The molecule has 1 aromatic rings. The van der Waals surface area contributed by atoms with E-state index in [9.17, 15) is 23.3 Å². The largest absolute Gasteiger partial charge is 0.369 e. The monoisotopic (exact) mass is 284 g/mol. The van der Waals surface area contributed by atoms with Crippen LogP contribution in [0.2, 0.25) is 0 Å². The highest BCUT2D eigenvalue weighted by Crippen LogP contribution is 2.24. The fraction of sp³-hybridized carbons (Fsp3) is 0.182. The van der Waals surface area contributed by atoms with Crippen molar-refractivity contribution < 1.29 is 18.1 Å². The molecule has 0 saturated heterocycles. The van der Waals surface area contributed by atoms with E-state index in [2.05, 4.69) is 0 Å². The number of nitro benzene ring substituents is 1. The highest BCUT2D eigenvalue weighted by Gasteiger charge is 2.16. The fourth-order valence-electron chi connectivity index (χ4n) is 1.36. The van der Waals surface area contributed by atoms with Gasteiger partial charge >= 0.3 is 0 Å². The lowest BCUT2D eigenvalue weighted by molar-refractivity contribution is -0.385. The minimum absolute atomic E-state index is 0.0506. The van der Waals surface area contributed by atoms with Crippen LogP contribution < -0.4 is 5.73 Å². The molecule has 0 aliphatic carbocycles. The van der Waals surface area contributed by atoms with Crippen LogP contribution in [0.15, 0.2) is 29.2 Å². The normalized spacial score (nSPS) is 11.6. The average molecular weight is 284 g/mol. The summed E-state index contributed by atoms with van der Waals surface area (Å²) in [4.78, 5) is 20.6. The van der Waals surface area contributed by atoms with E-state index < -0.39 is 20.7 Å². The predicted octanol–water partition coefficient (Wildman–Crippen LogP) is 0.887. The molecule has 102 valence electrons. The zero-order valence-corrected chi connectivity index (χ0v) is 10.9. The Hall–Kier alpha value is -2.22. The third-order valence-electron chi connectivity index (χ3n) is 2.24. The number of hydrogen-bond donors (Lipinski definition) is 1. The van der Waals surface area contributed by atoms with Crippen LogP contribution in [0.4, 0.5) is 5.69 Å². The van der Waals surface area contributed by atoms with E-state index in [4.69, 9.17) is 5.73 Å². The molecular formula is C11H12N2O5S. The van der Waals surface area contributed by atoms with Crippen molar-refractivity contribution in [1.82, 2.24) is 0 Å². The molecule has 0 bridgehead atoms. The second-order valence-corrected chi connectivity index (χ2v) is 5.84. The van der Waals surface area contributed by atoms with Gasteiger partial charge in [0.05, 0.1) is 15.4 Å². The van der Waals surface area contributed by atoms with Gasteiger partial charge in [0.15, 0.2) is 9.84 Å². The van der Waals surface area contributed by atoms with E-state index in [1.165, 1.54) is 24.3 Å². The first-order valence-corrected chi connectivity index (χ1v) is 7.04. The minimum Gasteiger partial charge on any atom is -0.369 e. The van der Waals surface area contributed by atoms with Gasteiger partial charge in [0.2, 0.25) is 5.91 Å². The van der Waals surface area contributed by atoms with Gasteiger partial charge in [-0.15, -0.1) is 0 Å². The Morgan fingerprint density at radius 2 is 2.11 bits per heavy atom.